The fourth-order valence-electron chi connectivity index (χ4n) is 0.617. The molecule has 2 heteroatoms. The molecule has 10 heavy (non-hydrogen) atoms. The molecule has 0 saturated carbocycles. The van der Waals surface area contributed by atoms with E-state index in [0.717, 1.165) is 5.56 Å². The first-order valence-corrected chi connectivity index (χ1v) is 3.13. The highest BCUT2D eigenvalue weighted by Gasteiger charge is 1.93. The average Bonchev–Trinajstić information content (AvgIpc) is 1.95. The van der Waals surface area contributed by atoms with E-state index >= 15 is 0 Å². The lowest BCUT2D eigenvalue weighted by Gasteiger charge is -1.95. The predicted octanol–water partition coefficient (Wildman–Crippen LogP) is 1.90. The Kier molecular flexibility index (Phi) is 1.84. The van der Waals surface area contributed by atoms with Crippen molar-refractivity contribution in [2.45, 2.75) is 0 Å². The number of halogens is 1. The van der Waals surface area contributed by atoms with Gasteiger partial charge in [0.1, 0.15) is 0 Å². The van der Waals surface area contributed by atoms with Gasteiger partial charge in [-0.2, -0.15) is 0 Å². The minimum absolute atomic E-state index is 0.510. The van der Waals surface area contributed by atoms with Crippen LogP contribution in [-0.2, 0) is 0 Å². The number of nitrogens with two attached hydrogens (primary N) is 1. The minimum atomic E-state index is 0.510. The van der Waals surface area contributed by atoms with Gasteiger partial charge in [-0.15, -0.1) is 6.42 Å². The number of terminal acetylenes is 1. The molecule has 1 aromatic rings. The monoisotopic (exact) mass is 151 g/mol. The van der Waals surface area contributed by atoms with Crippen molar-refractivity contribution in [1.82, 2.24) is 0 Å². The van der Waals surface area contributed by atoms with E-state index in [0.29, 0.717) is 10.7 Å². The molecule has 0 saturated heterocycles. The van der Waals surface area contributed by atoms with E-state index in [4.69, 9.17) is 23.8 Å². The van der Waals surface area contributed by atoms with Crippen LogP contribution in [0.3, 0.4) is 0 Å². The molecule has 1 aromatic carbocycles. The Labute approximate surface area is 64.8 Å². The molecule has 1 rings (SSSR count). The molecular weight excluding hydrogens is 146 g/mol. The number of rotatable bonds is 0. The topological polar surface area (TPSA) is 26.0 Å². The summed E-state index contributed by atoms with van der Waals surface area (Å²) in [7, 11) is 0. The summed E-state index contributed by atoms with van der Waals surface area (Å²) in [6.45, 7) is 0. The highest BCUT2D eigenvalue weighted by Crippen LogP contribution is 2.18. The zero-order valence-electron chi connectivity index (χ0n) is 5.26. The summed E-state index contributed by atoms with van der Waals surface area (Å²) in [5.74, 6) is 2.46. The molecule has 0 heterocycles. The van der Waals surface area contributed by atoms with E-state index in [2.05, 4.69) is 5.92 Å². The Balaban J connectivity index is 3.20. The molecule has 0 aromatic heterocycles. The lowest BCUT2D eigenvalue weighted by atomic mass is 10.2. The second-order valence-electron chi connectivity index (χ2n) is 1.88. The van der Waals surface area contributed by atoms with Gasteiger partial charge in [-0.25, -0.2) is 0 Å². The fraction of sp³-hybridized carbons (Fsp3) is 0. The van der Waals surface area contributed by atoms with Crippen molar-refractivity contribution >= 4 is 17.3 Å². The van der Waals surface area contributed by atoms with Crippen LogP contribution in [0, 0.1) is 12.3 Å². The van der Waals surface area contributed by atoms with Crippen molar-refractivity contribution in [2.24, 2.45) is 0 Å². The van der Waals surface area contributed by atoms with Crippen LogP contribution in [0.15, 0.2) is 18.2 Å². The third-order valence-corrected chi connectivity index (χ3v) is 1.49. The SMILES string of the molecule is C#Cc1ccc(N)c(Cl)c1. The van der Waals surface area contributed by atoms with E-state index in [1.807, 2.05) is 0 Å². The van der Waals surface area contributed by atoms with Gasteiger partial charge >= 0.3 is 0 Å². The van der Waals surface area contributed by atoms with Crippen LogP contribution in [0.4, 0.5) is 5.69 Å². The first-order chi connectivity index (χ1) is 4.74. The van der Waals surface area contributed by atoms with Gasteiger partial charge in [0.05, 0.1) is 10.7 Å². The lowest BCUT2D eigenvalue weighted by molar-refractivity contribution is 1.63. The van der Waals surface area contributed by atoms with Crippen molar-refractivity contribution in [3.63, 3.8) is 0 Å². The van der Waals surface area contributed by atoms with E-state index < -0.39 is 0 Å². The van der Waals surface area contributed by atoms with Crippen LogP contribution in [0.5, 0.6) is 0 Å². The highest BCUT2D eigenvalue weighted by molar-refractivity contribution is 6.33. The summed E-state index contributed by atoms with van der Waals surface area (Å²) < 4.78 is 0. The van der Waals surface area contributed by atoms with Crippen molar-refractivity contribution < 1.29 is 0 Å². The molecule has 0 radical (unpaired) electrons. The molecular formula is C8H6ClN. The van der Waals surface area contributed by atoms with E-state index in [9.17, 15) is 0 Å². The molecule has 0 bridgehead atoms. The molecule has 0 fully saturated rings. The summed E-state index contributed by atoms with van der Waals surface area (Å²) in [6, 6.07) is 5.11. The quantitative estimate of drug-likeness (QED) is 0.445. The van der Waals surface area contributed by atoms with Crippen LogP contribution < -0.4 is 5.73 Å². The summed E-state index contributed by atoms with van der Waals surface area (Å²) in [4.78, 5) is 0. The van der Waals surface area contributed by atoms with Crippen molar-refractivity contribution in [3.8, 4) is 12.3 Å². The van der Waals surface area contributed by atoms with Crippen LogP contribution in [-0.4, -0.2) is 0 Å². The van der Waals surface area contributed by atoms with Gasteiger partial charge in [-0.05, 0) is 18.2 Å². The fourth-order valence-corrected chi connectivity index (χ4v) is 0.797. The zero-order valence-corrected chi connectivity index (χ0v) is 6.02. The normalized spacial score (nSPS) is 8.80. The standard InChI is InChI=1S/C8H6ClN/c1-2-6-3-4-8(10)7(9)5-6/h1,3-5H,10H2. The molecule has 0 atom stereocenters. The smallest absolute Gasteiger partial charge is 0.0647 e. The Morgan fingerprint density at radius 1 is 1.50 bits per heavy atom. The summed E-state index contributed by atoms with van der Waals surface area (Å²) in [5, 5.41) is 0.510. The van der Waals surface area contributed by atoms with Gasteiger partial charge in [0.25, 0.3) is 0 Å². The van der Waals surface area contributed by atoms with E-state index in [-0.39, 0.29) is 0 Å². The van der Waals surface area contributed by atoms with E-state index in [1.165, 1.54) is 0 Å². The van der Waals surface area contributed by atoms with Crippen molar-refractivity contribution in [3.05, 3.63) is 28.8 Å². The maximum atomic E-state index is 5.67. The second-order valence-corrected chi connectivity index (χ2v) is 2.29. The summed E-state index contributed by atoms with van der Waals surface area (Å²) >= 11 is 5.67. The average molecular weight is 152 g/mol. The summed E-state index contributed by atoms with van der Waals surface area (Å²) in [6.07, 6.45) is 5.12. The Morgan fingerprint density at radius 2 is 2.20 bits per heavy atom. The minimum Gasteiger partial charge on any atom is -0.398 e. The van der Waals surface area contributed by atoms with Gasteiger partial charge in [-0.1, -0.05) is 17.5 Å². The van der Waals surface area contributed by atoms with Gasteiger partial charge in [0.2, 0.25) is 0 Å². The van der Waals surface area contributed by atoms with Crippen LogP contribution in [0.1, 0.15) is 5.56 Å². The van der Waals surface area contributed by atoms with Crippen LogP contribution in [0.2, 0.25) is 5.02 Å². The molecule has 0 aliphatic rings. The maximum absolute atomic E-state index is 5.67. The maximum Gasteiger partial charge on any atom is 0.0647 e. The third-order valence-electron chi connectivity index (χ3n) is 1.17. The molecule has 2 N–H and O–H groups in total. The molecule has 0 unspecified atom stereocenters. The Bertz CT molecular complexity index is 286. The summed E-state index contributed by atoms with van der Waals surface area (Å²) in [5.41, 5.74) is 6.75. The number of nitrogen functional groups attached to an aromatic ring is 1. The van der Waals surface area contributed by atoms with Crippen molar-refractivity contribution in [2.75, 3.05) is 5.73 Å². The van der Waals surface area contributed by atoms with Crippen molar-refractivity contribution in [1.29, 1.82) is 0 Å². The number of benzene rings is 1. The number of hydrogen-bond donors (Lipinski definition) is 1. The second kappa shape index (κ2) is 2.64. The third kappa shape index (κ3) is 1.23. The van der Waals surface area contributed by atoms with Gasteiger partial charge in [0, 0.05) is 5.56 Å². The molecule has 0 aliphatic carbocycles. The zero-order chi connectivity index (χ0) is 7.56. The highest BCUT2D eigenvalue weighted by atomic mass is 35.5. The lowest BCUT2D eigenvalue weighted by Crippen LogP contribution is -1.85. The molecule has 0 spiro atoms. The van der Waals surface area contributed by atoms with Gasteiger partial charge in [0.15, 0.2) is 0 Å². The molecule has 50 valence electrons. The largest absolute Gasteiger partial charge is 0.398 e. The molecule has 1 nitrogen and oxygen atoms in total. The number of anilines is 1. The van der Waals surface area contributed by atoms with Crippen LogP contribution >= 0.6 is 11.6 Å². The molecule has 0 amide bonds. The molecule has 0 aliphatic heterocycles. The Hall–Kier alpha value is -1.13. The van der Waals surface area contributed by atoms with E-state index in [1.54, 1.807) is 18.2 Å². The first-order valence-electron chi connectivity index (χ1n) is 2.75. The first kappa shape index (κ1) is 6.98. The van der Waals surface area contributed by atoms with Gasteiger partial charge in [-0.3, -0.25) is 0 Å². The Morgan fingerprint density at radius 3 is 2.70 bits per heavy atom. The predicted molar refractivity (Wildman–Crippen MR) is 43.8 cm³/mol. The van der Waals surface area contributed by atoms with Gasteiger partial charge < -0.3 is 5.73 Å². The number of hydrogen-bond acceptors (Lipinski definition) is 1. The van der Waals surface area contributed by atoms with Crippen LogP contribution in [0.25, 0.3) is 0 Å².